The Balaban J connectivity index is 2.32. The first-order valence-electron chi connectivity index (χ1n) is 4.44. The summed E-state index contributed by atoms with van der Waals surface area (Å²) in [4.78, 5) is 4.16. The number of hydroxylamine groups is 1. The number of benzene rings is 1. The van der Waals surface area contributed by atoms with Crippen LogP contribution in [-0.2, 0) is 4.84 Å². The van der Waals surface area contributed by atoms with Gasteiger partial charge in [0.1, 0.15) is 0 Å². The van der Waals surface area contributed by atoms with Gasteiger partial charge in [-0.05, 0) is 5.56 Å². The lowest BCUT2D eigenvalue weighted by molar-refractivity contribution is -0.345. The molecular formula is C10H8F3NO2. The smallest absolute Gasteiger partial charge is 0.354 e. The van der Waals surface area contributed by atoms with Gasteiger partial charge in [-0.2, -0.15) is 13.2 Å². The van der Waals surface area contributed by atoms with Gasteiger partial charge in [-0.3, -0.25) is 5.48 Å². The monoisotopic (exact) mass is 231 g/mol. The van der Waals surface area contributed by atoms with E-state index < -0.39 is 12.0 Å². The lowest BCUT2D eigenvalue weighted by Gasteiger charge is -2.21. The maximum atomic E-state index is 12.4. The molecule has 6 heteroatoms. The Labute approximate surface area is 89.1 Å². The number of hydrogen-bond donors (Lipinski definition) is 2. The molecule has 1 atom stereocenters. The molecule has 0 aromatic heterocycles. The van der Waals surface area contributed by atoms with Crippen LogP contribution >= 0.6 is 0 Å². The summed E-state index contributed by atoms with van der Waals surface area (Å²) in [6, 6.07) is 8.27. The summed E-state index contributed by atoms with van der Waals surface area (Å²) in [7, 11) is 0. The summed E-state index contributed by atoms with van der Waals surface area (Å²) >= 11 is 0. The number of nitrogens with one attached hydrogen (secondary N) is 1. The molecule has 1 aromatic rings. The summed E-state index contributed by atoms with van der Waals surface area (Å²) in [6.45, 7) is 0. The van der Waals surface area contributed by atoms with Crippen LogP contribution in [0.3, 0.4) is 0 Å². The van der Waals surface area contributed by atoms with E-state index in [4.69, 9.17) is 0 Å². The predicted octanol–water partition coefficient (Wildman–Crippen LogP) is 1.81. The fourth-order valence-corrected chi connectivity index (χ4v) is 1.29. The van der Waals surface area contributed by atoms with Gasteiger partial charge in [0.2, 0.25) is 0 Å². The van der Waals surface area contributed by atoms with E-state index in [0.717, 1.165) is 0 Å². The third-order valence-electron chi connectivity index (χ3n) is 2.15. The van der Waals surface area contributed by atoms with E-state index in [0.29, 0.717) is 11.6 Å². The largest absolute Gasteiger partial charge is 0.449 e. The van der Waals surface area contributed by atoms with Gasteiger partial charge in [-0.15, -0.1) is 0 Å². The number of halogens is 3. The van der Waals surface area contributed by atoms with Crippen LogP contribution in [-0.4, -0.2) is 17.1 Å². The molecule has 86 valence electrons. The van der Waals surface area contributed by atoms with Crippen LogP contribution in [0, 0.1) is 0 Å². The summed E-state index contributed by atoms with van der Waals surface area (Å²) in [5.74, 6) is -3.27. The molecule has 1 heterocycles. The van der Waals surface area contributed by atoms with Crippen LogP contribution in [0.2, 0.25) is 0 Å². The van der Waals surface area contributed by atoms with Crippen molar-refractivity contribution >= 4 is 5.70 Å². The van der Waals surface area contributed by atoms with Gasteiger partial charge in [-0.25, -0.2) is 4.84 Å². The Morgan fingerprint density at radius 1 is 1.19 bits per heavy atom. The molecule has 1 unspecified atom stereocenters. The standard InChI is InChI=1S/C10H8F3NO2/c11-10(12,13)9(15)6-8(14-16-9)7-4-2-1-3-5-7/h1-6,14-15H. The highest BCUT2D eigenvalue weighted by atomic mass is 19.4. The van der Waals surface area contributed by atoms with Gasteiger partial charge < -0.3 is 5.11 Å². The molecule has 2 rings (SSSR count). The van der Waals surface area contributed by atoms with Crippen LogP contribution in [0.4, 0.5) is 13.2 Å². The maximum Gasteiger partial charge on any atom is 0.449 e. The first kappa shape index (κ1) is 11.0. The average molecular weight is 231 g/mol. The molecule has 0 amide bonds. The van der Waals surface area contributed by atoms with E-state index in [2.05, 4.69) is 10.3 Å². The summed E-state index contributed by atoms with van der Waals surface area (Å²) in [5.41, 5.74) is 2.65. The van der Waals surface area contributed by atoms with Crippen molar-refractivity contribution in [1.29, 1.82) is 0 Å². The lowest BCUT2D eigenvalue weighted by Crippen LogP contribution is -2.45. The van der Waals surface area contributed by atoms with Gasteiger partial charge >= 0.3 is 12.0 Å². The van der Waals surface area contributed by atoms with Crippen molar-refractivity contribution < 1.29 is 23.1 Å². The predicted molar refractivity (Wildman–Crippen MR) is 49.6 cm³/mol. The van der Waals surface area contributed by atoms with Crippen molar-refractivity contribution in [1.82, 2.24) is 5.48 Å². The Morgan fingerprint density at radius 3 is 2.31 bits per heavy atom. The summed E-state index contributed by atoms with van der Waals surface area (Å²) in [6.07, 6.45) is -4.28. The van der Waals surface area contributed by atoms with Crippen LogP contribution in [0.5, 0.6) is 0 Å². The van der Waals surface area contributed by atoms with Gasteiger partial charge in [-0.1, -0.05) is 30.3 Å². The van der Waals surface area contributed by atoms with Crippen molar-refractivity contribution in [2.75, 3.05) is 0 Å². The van der Waals surface area contributed by atoms with Crippen LogP contribution in [0.1, 0.15) is 5.56 Å². The zero-order valence-electron chi connectivity index (χ0n) is 7.95. The Hall–Kier alpha value is -1.53. The fraction of sp³-hybridized carbons (Fsp3) is 0.200. The zero-order chi connectivity index (χ0) is 11.8. The van der Waals surface area contributed by atoms with E-state index in [-0.39, 0.29) is 5.70 Å². The Morgan fingerprint density at radius 2 is 1.81 bits per heavy atom. The number of hydrogen-bond acceptors (Lipinski definition) is 3. The summed E-state index contributed by atoms with van der Waals surface area (Å²) < 4.78 is 37.1. The normalized spacial score (nSPS) is 25.1. The summed E-state index contributed by atoms with van der Waals surface area (Å²) in [5, 5.41) is 9.17. The number of alkyl halides is 3. The molecule has 16 heavy (non-hydrogen) atoms. The average Bonchev–Trinajstić information content (AvgIpc) is 2.63. The maximum absolute atomic E-state index is 12.4. The molecular weight excluding hydrogens is 223 g/mol. The van der Waals surface area contributed by atoms with Crippen LogP contribution in [0.15, 0.2) is 36.4 Å². The molecule has 3 nitrogen and oxygen atoms in total. The van der Waals surface area contributed by atoms with Gasteiger partial charge in [0.15, 0.2) is 0 Å². The number of aliphatic hydroxyl groups is 1. The molecule has 2 N–H and O–H groups in total. The molecule has 0 spiro atoms. The second-order valence-corrected chi connectivity index (χ2v) is 3.32. The fourth-order valence-electron chi connectivity index (χ4n) is 1.29. The van der Waals surface area contributed by atoms with E-state index >= 15 is 0 Å². The minimum atomic E-state index is -4.88. The highest BCUT2D eigenvalue weighted by Crippen LogP contribution is 2.37. The Kier molecular flexibility index (Phi) is 2.40. The lowest BCUT2D eigenvalue weighted by atomic mass is 10.1. The van der Waals surface area contributed by atoms with Crippen molar-refractivity contribution in [3.8, 4) is 0 Å². The Bertz CT molecular complexity index is 416. The van der Waals surface area contributed by atoms with Crippen molar-refractivity contribution in [2.24, 2.45) is 0 Å². The number of rotatable bonds is 1. The molecule has 0 saturated heterocycles. The van der Waals surface area contributed by atoms with E-state index in [9.17, 15) is 18.3 Å². The molecule has 1 aliphatic rings. The second-order valence-electron chi connectivity index (χ2n) is 3.32. The minimum absolute atomic E-state index is 0.0837. The zero-order valence-corrected chi connectivity index (χ0v) is 7.95. The second kappa shape index (κ2) is 3.50. The highest BCUT2D eigenvalue weighted by Gasteiger charge is 2.57. The molecule has 1 aromatic carbocycles. The SMILES string of the molecule is OC1(C(F)(F)F)C=C(c2ccccc2)NO1. The van der Waals surface area contributed by atoms with Crippen molar-refractivity contribution in [2.45, 2.75) is 12.0 Å². The van der Waals surface area contributed by atoms with Crippen molar-refractivity contribution in [3.63, 3.8) is 0 Å². The molecule has 0 bridgehead atoms. The van der Waals surface area contributed by atoms with Crippen LogP contribution < -0.4 is 5.48 Å². The van der Waals surface area contributed by atoms with E-state index in [1.165, 1.54) is 0 Å². The highest BCUT2D eigenvalue weighted by molar-refractivity contribution is 5.65. The topological polar surface area (TPSA) is 41.5 Å². The first-order chi connectivity index (χ1) is 7.42. The minimum Gasteiger partial charge on any atom is -0.354 e. The third-order valence-corrected chi connectivity index (χ3v) is 2.15. The van der Waals surface area contributed by atoms with Gasteiger partial charge in [0.05, 0.1) is 5.70 Å². The molecule has 0 aliphatic carbocycles. The third kappa shape index (κ3) is 1.77. The van der Waals surface area contributed by atoms with Crippen molar-refractivity contribution in [3.05, 3.63) is 42.0 Å². The van der Waals surface area contributed by atoms with E-state index in [1.54, 1.807) is 30.3 Å². The quantitative estimate of drug-likeness (QED) is 0.774. The van der Waals surface area contributed by atoms with E-state index in [1.807, 2.05) is 0 Å². The molecule has 0 fully saturated rings. The first-order valence-corrected chi connectivity index (χ1v) is 4.44. The van der Waals surface area contributed by atoms with Crippen LogP contribution in [0.25, 0.3) is 5.70 Å². The molecule has 0 saturated carbocycles. The van der Waals surface area contributed by atoms with Gasteiger partial charge in [0.25, 0.3) is 0 Å². The molecule has 1 aliphatic heterocycles. The van der Waals surface area contributed by atoms with Gasteiger partial charge in [0, 0.05) is 6.08 Å². The molecule has 0 radical (unpaired) electrons.